The molecule has 0 fully saturated rings. The van der Waals surface area contributed by atoms with Gasteiger partial charge < -0.3 is 19.5 Å². The molecule has 0 aliphatic rings. The molecule has 40 heavy (non-hydrogen) atoms. The molecule has 1 N–H and O–H groups in total. The molecule has 1 heterocycles. The molecule has 0 aliphatic heterocycles. The molecule has 0 spiro atoms. The van der Waals surface area contributed by atoms with E-state index in [0.717, 1.165) is 17.7 Å². The number of hydrogen-bond acceptors (Lipinski definition) is 7. The molecular formula is C30H36F3N3O4. The van der Waals surface area contributed by atoms with Crippen LogP contribution in [0.1, 0.15) is 70.1 Å². The van der Waals surface area contributed by atoms with Gasteiger partial charge in [-0.1, -0.05) is 26.0 Å². The number of nitrogens with zero attached hydrogens (tertiary/aromatic N) is 2. The molecule has 3 aromatic rings. The molecule has 0 radical (unpaired) electrons. The zero-order valence-electron chi connectivity index (χ0n) is 23.7. The first-order valence-electron chi connectivity index (χ1n) is 13.1. The third kappa shape index (κ3) is 8.86. The first kappa shape index (κ1) is 30.7. The second-order valence-corrected chi connectivity index (χ2v) is 10.6. The van der Waals surface area contributed by atoms with Crippen LogP contribution >= 0.6 is 0 Å². The maximum Gasteiger partial charge on any atom is 0.416 e. The predicted octanol–water partition coefficient (Wildman–Crippen LogP) is 7.41. The summed E-state index contributed by atoms with van der Waals surface area (Å²) in [6.45, 7) is 9.85. The van der Waals surface area contributed by atoms with Gasteiger partial charge in [-0.25, -0.2) is 9.97 Å². The lowest BCUT2D eigenvalue weighted by Crippen LogP contribution is -2.23. The van der Waals surface area contributed by atoms with Crippen LogP contribution < -0.4 is 14.8 Å². The Labute approximate surface area is 233 Å². The van der Waals surface area contributed by atoms with E-state index in [1.165, 1.54) is 25.6 Å². The molecule has 3 rings (SSSR count). The van der Waals surface area contributed by atoms with Gasteiger partial charge in [-0.05, 0) is 74.1 Å². The van der Waals surface area contributed by atoms with Gasteiger partial charge >= 0.3 is 12.1 Å². The van der Waals surface area contributed by atoms with Crippen molar-refractivity contribution in [3.05, 3.63) is 65.5 Å². The molecule has 7 nitrogen and oxygen atoms in total. The summed E-state index contributed by atoms with van der Waals surface area (Å²) < 4.78 is 57.1. The van der Waals surface area contributed by atoms with Crippen LogP contribution in [0.4, 0.5) is 19.1 Å². The first-order valence-corrected chi connectivity index (χ1v) is 13.1. The van der Waals surface area contributed by atoms with E-state index in [9.17, 15) is 18.0 Å². The molecule has 0 saturated heterocycles. The van der Waals surface area contributed by atoms with Gasteiger partial charge in [-0.3, -0.25) is 4.79 Å². The van der Waals surface area contributed by atoms with E-state index >= 15 is 0 Å². The average molecular weight is 560 g/mol. The van der Waals surface area contributed by atoms with E-state index in [1.54, 1.807) is 0 Å². The molecule has 216 valence electrons. The lowest BCUT2D eigenvalue weighted by Gasteiger charge is -2.19. The van der Waals surface area contributed by atoms with Crippen LogP contribution in [-0.2, 0) is 22.3 Å². The summed E-state index contributed by atoms with van der Waals surface area (Å²) in [7, 11) is 1.53. The summed E-state index contributed by atoms with van der Waals surface area (Å²) in [5.74, 6) is 1.13. The van der Waals surface area contributed by atoms with Crippen LogP contribution in [0.25, 0.3) is 11.1 Å². The van der Waals surface area contributed by atoms with Crippen LogP contribution in [0.5, 0.6) is 11.5 Å². The first-order chi connectivity index (χ1) is 18.8. The van der Waals surface area contributed by atoms with Gasteiger partial charge in [-0.15, -0.1) is 0 Å². The Morgan fingerprint density at radius 3 is 2.30 bits per heavy atom. The van der Waals surface area contributed by atoms with Crippen molar-refractivity contribution < 1.29 is 32.2 Å². The number of alkyl halides is 3. The zero-order chi connectivity index (χ0) is 29.5. The number of benzene rings is 2. The highest BCUT2D eigenvalue weighted by atomic mass is 19.4. The lowest BCUT2D eigenvalue weighted by molar-refractivity contribution is -0.155. The molecule has 10 heteroatoms. The molecule has 0 aliphatic carbocycles. The molecule has 1 aromatic heterocycles. The SMILES string of the molecule is COc1ccc(C(C)C)cc1-c1ccc(C(F)(F)F)cc1CNc1ncc(OCCCC(=O)OC(C)(C)C)cn1. The van der Waals surface area contributed by atoms with Crippen molar-refractivity contribution >= 4 is 11.9 Å². The number of carbonyl (C=O) groups is 1. The van der Waals surface area contributed by atoms with Crippen molar-refractivity contribution in [2.75, 3.05) is 19.0 Å². The summed E-state index contributed by atoms with van der Waals surface area (Å²) in [6.07, 6.45) is -0.872. The number of anilines is 1. The van der Waals surface area contributed by atoms with Crippen LogP contribution in [0, 0.1) is 0 Å². The van der Waals surface area contributed by atoms with Crippen molar-refractivity contribution in [2.45, 2.75) is 71.7 Å². The smallest absolute Gasteiger partial charge is 0.416 e. The van der Waals surface area contributed by atoms with Gasteiger partial charge in [0.05, 0.1) is 31.7 Å². The monoisotopic (exact) mass is 559 g/mol. The number of rotatable bonds is 11. The van der Waals surface area contributed by atoms with E-state index < -0.39 is 17.3 Å². The second-order valence-electron chi connectivity index (χ2n) is 10.6. The third-order valence-electron chi connectivity index (χ3n) is 5.89. The van der Waals surface area contributed by atoms with Crippen LogP contribution in [0.15, 0.2) is 48.8 Å². The Kier molecular flexibility index (Phi) is 10.0. The van der Waals surface area contributed by atoms with Crippen molar-refractivity contribution in [3.63, 3.8) is 0 Å². The second kappa shape index (κ2) is 13.0. The molecule has 0 unspecified atom stereocenters. The number of hydrogen-bond donors (Lipinski definition) is 1. The Bertz CT molecular complexity index is 1290. The highest BCUT2D eigenvalue weighted by Gasteiger charge is 2.31. The number of halogens is 3. The summed E-state index contributed by atoms with van der Waals surface area (Å²) in [4.78, 5) is 20.2. The number of nitrogens with one attached hydrogen (secondary N) is 1. The zero-order valence-corrected chi connectivity index (χ0v) is 23.7. The fourth-order valence-corrected chi connectivity index (χ4v) is 3.93. The van der Waals surface area contributed by atoms with Crippen LogP contribution in [0.2, 0.25) is 0 Å². The minimum absolute atomic E-state index is 0.0460. The summed E-state index contributed by atoms with van der Waals surface area (Å²) in [6, 6.07) is 9.40. The highest BCUT2D eigenvalue weighted by Crippen LogP contribution is 2.38. The molecular weight excluding hydrogens is 523 g/mol. The lowest BCUT2D eigenvalue weighted by atomic mass is 9.92. The molecule has 2 aromatic carbocycles. The number of aromatic nitrogens is 2. The van der Waals surface area contributed by atoms with Gasteiger partial charge in [0, 0.05) is 18.5 Å². The van der Waals surface area contributed by atoms with E-state index in [2.05, 4.69) is 15.3 Å². The van der Waals surface area contributed by atoms with Crippen LogP contribution in [-0.4, -0.2) is 35.3 Å². The Morgan fingerprint density at radius 2 is 1.70 bits per heavy atom. The fourth-order valence-electron chi connectivity index (χ4n) is 3.93. The van der Waals surface area contributed by atoms with E-state index in [4.69, 9.17) is 14.2 Å². The van der Waals surface area contributed by atoms with Gasteiger partial charge in [0.1, 0.15) is 11.4 Å². The molecule has 0 bridgehead atoms. The van der Waals surface area contributed by atoms with Gasteiger partial charge in [-0.2, -0.15) is 13.2 Å². The van der Waals surface area contributed by atoms with E-state index in [1.807, 2.05) is 52.8 Å². The highest BCUT2D eigenvalue weighted by molar-refractivity contribution is 5.75. The Balaban J connectivity index is 1.73. The third-order valence-corrected chi connectivity index (χ3v) is 5.89. The normalized spacial score (nSPS) is 11.8. The quantitative estimate of drug-likeness (QED) is 0.194. The molecule has 0 saturated carbocycles. The van der Waals surface area contributed by atoms with Crippen molar-refractivity contribution in [1.82, 2.24) is 9.97 Å². The Morgan fingerprint density at radius 1 is 1.00 bits per heavy atom. The maximum atomic E-state index is 13.6. The van der Waals surface area contributed by atoms with Gasteiger partial charge in [0.2, 0.25) is 5.95 Å². The minimum atomic E-state index is -4.49. The van der Waals surface area contributed by atoms with Gasteiger partial charge in [0.15, 0.2) is 5.75 Å². The topological polar surface area (TPSA) is 82.6 Å². The number of methoxy groups -OCH3 is 1. The summed E-state index contributed by atoms with van der Waals surface area (Å²) >= 11 is 0. The predicted molar refractivity (Wildman–Crippen MR) is 147 cm³/mol. The number of ether oxygens (including phenoxy) is 3. The Hall–Kier alpha value is -3.82. The van der Waals surface area contributed by atoms with Crippen molar-refractivity contribution in [1.29, 1.82) is 0 Å². The molecule has 0 amide bonds. The minimum Gasteiger partial charge on any atom is -0.496 e. The average Bonchev–Trinajstić information content (AvgIpc) is 2.88. The summed E-state index contributed by atoms with van der Waals surface area (Å²) in [5, 5.41) is 3.01. The van der Waals surface area contributed by atoms with Gasteiger partial charge in [0.25, 0.3) is 0 Å². The maximum absolute atomic E-state index is 13.6. The standard InChI is InChI=1S/C30H36F3N3O4/c1-19(2)20-9-12-26(38-6)25(15-20)24-11-10-22(30(31,32)33)14-21(24)16-34-28-35-17-23(18-36-28)39-13-7-8-27(37)40-29(3,4)5/h9-12,14-15,17-19H,7-8,13,16H2,1-6H3,(H,34,35,36). The van der Waals surface area contributed by atoms with Crippen molar-refractivity contribution in [3.8, 4) is 22.6 Å². The largest absolute Gasteiger partial charge is 0.496 e. The van der Waals surface area contributed by atoms with Crippen molar-refractivity contribution in [2.24, 2.45) is 0 Å². The van der Waals surface area contributed by atoms with E-state index in [0.29, 0.717) is 34.6 Å². The van der Waals surface area contributed by atoms with E-state index in [-0.39, 0.29) is 37.4 Å². The summed E-state index contributed by atoms with van der Waals surface area (Å²) in [5.41, 5.74) is 1.50. The molecule has 0 atom stereocenters. The number of esters is 1. The fraction of sp³-hybridized carbons (Fsp3) is 0.433. The number of carbonyl (C=O) groups excluding carboxylic acids is 1. The van der Waals surface area contributed by atoms with Crippen LogP contribution in [0.3, 0.4) is 0 Å².